The van der Waals surface area contributed by atoms with Crippen LogP contribution in [0.15, 0.2) is 89.8 Å². The van der Waals surface area contributed by atoms with Gasteiger partial charge in [0.15, 0.2) is 6.61 Å². The highest BCUT2D eigenvalue weighted by molar-refractivity contribution is 7.89. The number of hydrogen-bond donors (Lipinski definition) is 1. The first kappa shape index (κ1) is 30.7. The first-order valence-corrected chi connectivity index (χ1v) is 15.9. The largest absolute Gasteiger partial charge is 0.484 e. The molecule has 0 aliphatic carbocycles. The highest BCUT2D eigenvalue weighted by atomic mass is 32.2. The number of carbonyl (C=O) groups excluding carboxylic acids is 2. The van der Waals surface area contributed by atoms with Crippen LogP contribution in [-0.4, -0.2) is 81.6 Å². The summed E-state index contributed by atoms with van der Waals surface area (Å²) in [5.41, 5.74) is 1.54. The molecule has 3 aromatic rings. The fraction of sp³-hybridized carbons (Fsp3) is 0.375. The average Bonchev–Trinajstić information content (AvgIpc) is 3.58. The molecule has 0 bridgehead atoms. The third-order valence-electron chi connectivity index (χ3n) is 7.51. The maximum Gasteiger partial charge on any atom is 0.261 e. The van der Waals surface area contributed by atoms with Gasteiger partial charge in [-0.1, -0.05) is 60.7 Å². The monoisotopic (exact) mass is 607 g/mol. The molecule has 2 atom stereocenters. The van der Waals surface area contributed by atoms with Gasteiger partial charge < -0.3 is 24.4 Å². The van der Waals surface area contributed by atoms with Gasteiger partial charge in [-0.3, -0.25) is 9.59 Å². The molecule has 2 aliphatic rings. The van der Waals surface area contributed by atoms with Gasteiger partial charge >= 0.3 is 0 Å². The molecule has 3 aromatic carbocycles. The van der Waals surface area contributed by atoms with Gasteiger partial charge in [-0.25, -0.2) is 8.42 Å². The van der Waals surface area contributed by atoms with Crippen LogP contribution in [0.4, 0.5) is 0 Å². The lowest BCUT2D eigenvalue weighted by Gasteiger charge is -2.32. The highest BCUT2D eigenvalue weighted by Crippen LogP contribution is 2.25. The summed E-state index contributed by atoms with van der Waals surface area (Å²) in [5.74, 6) is -0.355. The predicted molar refractivity (Wildman–Crippen MR) is 160 cm³/mol. The number of amides is 2. The summed E-state index contributed by atoms with van der Waals surface area (Å²) in [5, 5.41) is 3.00. The van der Waals surface area contributed by atoms with Gasteiger partial charge in [-0.05, 0) is 48.2 Å². The predicted octanol–water partition coefficient (Wildman–Crippen LogP) is 3.15. The van der Waals surface area contributed by atoms with E-state index >= 15 is 0 Å². The molecule has 0 radical (unpaired) electrons. The van der Waals surface area contributed by atoms with Crippen LogP contribution in [0.5, 0.6) is 5.75 Å². The molecular formula is C32H37N3O7S. The second kappa shape index (κ2) is 14.6. The summed E-state index contributed by atoms with van der Waals surface area (Å²) in [6.07, 6.45) is 1.79. The lowest BCUT2D eigenvalue weighted by atomic mass is 10.0. The van der Waals surface area contributed by atoms with Crippen molar-refractivity contribution < 1.29 is 32.2 Å². The molecule has 2 unspecified atom stereocenters. The molecule has 2 saturated heterocycles. The van der Waals surface area contributed by atoms with E-state index in [4.69, 9.17) is 14.2 Å². The quantitative estimate of drug-likeness (QED) is 0.337. The Morgan fingerprint density at radius 2 is 1.60 bits per heavy atom. The first-order chi connectivity index (χ1) is 20.9. The SMILES string of the molecule is O=C(NCC1CCCO1)C(c1ccccc1)N(Cc1ccccc1)C(=O)COc1ccc(S(=O)(=O)N2CCOCC2)cc1. The number of morpholine rings is 1. The number of ether oxygens (including phenoxy) is 3. The molecule has 2 aliphatic heterocycles. The molecule has 228 valence electrons. The molecule has 10 nitrogen and oxygen atoms in total. The molecule has 2 fully saturated rings. The van der Waals surface area contributed by atoms with Crippen molar-refractivity contribution in [2.45, 2.75) is 36.4 Å². The van der Waals surface area contributed by atoms with Crippen LogP contribution < -0.4 is 10.1 Å². The average molecular weight is 608 g/mol. The molecule has 0 spiro atoms. The zero-order valence-corrected chi connectivity index (χ0v) is 24.8. The van der Waals surface area contributed by atoms with Crippen LogP contribution in [0.2, 0.25) is 0 Å². The Labute approximate surface area is 252 Å². The maximum absolute atomic E-state index is 13.8. The Morgan fingerprint density at radius 1 is 0.930 bits per heavy atom. The molecule has 1 N–H and O–H groups in total. The Balaban J connectivity index is 1.33. The van der Waals surface area contributed by atoms with Crippen LogP contribution in [0.1, 0.15) is 30.0 Å². The summed E-state index contributed by atoms with van der Waals surface area (Å²) in [4.78, 5) is 29.2. The van der Waals surface area contributed by atoms with Crippen LogP contribution >= 0.6 is 0 Å². The van der Waals surface area contributed by atoms with Crippen LogP contribution in [0.3, 0.4) is 0 Å². The third-order valence-corrected chi connectivity index (χ3v) is 9.43. The van der Waals surface area contributed by atoms with Gasteiger partial charge in [0.2, 0.25) is 15.9 Å². The second-order valence-electron chi connectivity index (χ2n) is 10.5. The molecule has 0 saturated carbocycles. The second-order valence-corrected chi connectivity index (χ2v) is 12.4. The minimum atomic E-state index is -3.65. The summed E-state index contributed by atoms with van der Waals surface area (Å²) < 4.78 is 44.1. The molecule has 2 amide bonds. The van der Waals surface area contributed by atoms with E-state index in [1.807, 2.05) is 60.7 Å². The Kier molecular flexibility index (Phi) is 10.4. The Bertz CT molecular complexity index is 1440. The number of nitrogens with zero attached hydrogens (tertiary/aromatic N) is 2. The number of rotatable bonds is 12. The number of nitrogens with one attached hydrogen (secondary N) is 1. The van der Waals surface area contributed by atoms with Gasteiger partial charge in [-0.15, -0.1) is 0 Å². The van der Waals surface area contributed by atoms with Crippen molar-refractivity contribution in [2.24, 2.45) is 0 Å². The Morgan fingerprint density at radius 3 is 2.26 bits per heavy atom. The van der Waals surface area contributed by atoms with Gasteiger partial charge in [0.05, 0.1) is 24.2 Å². The minimum Gasteiger partial charge on any atom is -0.484 e. The Hall–Kier alpha value is -3.77. The normalized spacial score (nSPS) is 18.1. The van der Waals surface area contributed by atoms with Crippen molar-refractivity contribution in [1.82, 2.24) is 14.5 Å². The molecule has 11 heteroatoms. The van der Waals surface area contributed by atoms with Crippen molar-refractivity contribution in [1.29, 1.82) is 0 Å². The van der Waals surface area contributed by atoms with Crippen LogP contribution in [-0.2, 0) is 35.6 Å². The van der Waals surface area contributed by atoms with E-state index in [-0.39, 0.29) is 30.1 Å². The number of hydrogen-bond acceptors (Lipinski definition) is 7. The van der Waals surface area contributed by atoms with E-state index in [1.165, 1.54) is 33.5 Å². The summed E-state index contributed by atoms with van der Waals surface area (Å²) in [6, 6.07) is 23.8. The van der Waals surface area contributed by atoms with E-state index in [2.05, 4.69) is 5.32 Å². The van der Waals surface area contributed by atoms with Crippen LogP contribution in [0, 0.1) is 0 Å². The van der Waals surface area contributed by atoms with Gasteiger partial charge in [0.25, 0.3) is 5.91 Å². The lowest BCUT2D eigenvalue weighted by molar-refractivity contribution is -0.143. The smallest absolute Gasteiger partial charge is 0.261 e. The maximum atomic E-state index is 13.8. The number of benzene rings is 3. The summed E-state index contributed by atoms with van der Waals surface area (Å²) >= 11 is 0. The van der Waals surface area contributed by atoms with Gasteiger partial charge in [-0.2, -0.15) is 4.31 Å². The highest BCUT2D eigenvalue weighted by Gasteiger charge is 2.33. The molecular weight excluding hydrogens is 570 g/mol. The molecule has 43 heavy (non-hydrogen) atoms. The molecule has 2 heterocycles. The van der Waals surface area contributed by atoms with Gasteiger partial charge in [0.1, 0.15) is 11.8 Å². The minimum absolute atomic E-state index is 0.0444. The van der Waals surface area contributed by atoms with Crippen molar-refractivity contribution in [3.63, 3.8) is 0 Å². The summed E-state index contributed by atoms with van der Waals surface area (Å²) in [7, 11) is -3.65. The van der Waals surface area contributed by atoms with Crippen molar-refractivity contribution in [2.75, 3.05) is 46.1 Å². The van der Waals surface area contributed by atoms with E-state index in [0.29, 0.717) is 50.8 Å². The molecule has 0 aromatic heterocycles. The zero-order chi connectivity index (χ0) is 30.1. The first-order valence-electron chi connectivity index (χ1n) is 14.5. The lowest BCUT2D eigenvalue weighted by Crippen LogP contribution is -2.46. The fourth-order valence-corrected chi connectivity index (χ4v) is 6.61. The van der Waals surface area contributed by atoms with Gasteiger partial charge in [0, 0.05) is 32.8 Å². The van der Waals surface area contributed by atoms with E-state index in [0.717, 1.165) is 18.4 Å². The van der Waals surface area contributed by atoms with Crippen LogP contribution in [0.25, 0.3) is 0 Å². The van der Waals surface area contributed by atoms with E-state index in [1.54, 1.807) is 0 Å². The van der Waals surface area contributed by atoms with E-state index < -0.39 is 22.0 Å². The third kappa shape index (κ3) is 7.99. The number of sulfonamides is 1. The fourth-order valence-electron chi connectivity index (χ4n) is 5.20. The van der Waals surface area contributed by atoms with E-state index in [9.17, 15) is 18.0 Å². The van der Waals surface area contributed by atoms with Crippen molar-refractivity contribution in [3.8, 4) is 5.75 Å². The zero-order valence-electron chi connectivity index (χ0n) is 24.0. The number of carbonyl (C=O) groups is 2. The van der Waals surface area contributed by atoms with Crippen molar-refractivity contribution in [3.05, 3.63) is 96.1 Å². The molecule has 5 rings (SSSR count). The standard InChI is InChI=1S/C32H37N3O7S/c36-30(24-42-27-13-15-29(16-14-27)43(38,39)34-17-20-40-21-18-34)35(23-25-8-3-1-4-9-25)31(26-10-5-2-6-11-26)32(37)33-22-28-12-7-19-41-28/h1-6,8-11,13-16,28,31H,7,12,17-24H2,(H,33,37). The topological polar surface area (TPSA) is 114 Å². The van der Waals surface area contributed by atoms with Crippen molar-refractivity contribution >= 4 is 21.8 Å². The summed E-state index contributed by atoms with van der Waals surface area (Å²) in [6.45, 7) is 2.21.